The standard InChI is InChI=1S/C14H24N4/c1-10(2)13-5-8-16-14-9-12(17-18(13)14)11-3-6-15-7-4-11/h9-11,13,15-16H,3-8H2,1-2H3. The topological polar surface area (TPSA) is 41.9 Å². The van der Waals surface area contributed by atoms with E-state index in [1.165, 1.54) is 30.8 Å². The fraction of sp³-hybridized carbons (Fsp3) is 0.786. The summed E-state index contributed by atoms with van der Waals surface area (Å²) in [5.41, 5.74) is 1.30. The van der Waals surface area contributed by atoms with E-state index < -0.39 is 0 Å². The van der Waals surface area contributed by atoms with Crippen molar-refractivity contribution in [2.45, 2.75) is 45.1 Å². The summed E-state index contributed by atoms with van der Waals surface area (Å²) in [6.45, 7) is 7.94. The van der Waals surface area contributed by atoms with Gasteiger partial charge in [0.05, 0.1) is 11.7 Å². The van der Waals surface area contributed by atoms with Crippen LogP contribution in [0.2, 0.25) is 0 Å². The van der Waals surface area contributed by atoms with E-state index in [0.29, 0.717) is 17.9 Å². The number of aromatic nitrogens is 2. The molecule has 1 unspecified atom stereocenters. The first-order chi connectivity index (χ1) is 8.75. The van der Waals surface area contributed by atoms with Gasteiger partial charge in [-0.15, -0.1) is 0 Å². The zero-order chi connectivity index (χ0) is 12.5. The molecule has 3 rings (SSSR count). The molecule has 4 heteroatoms. The summed E-state index contributed by atoms with van der Waals surface area (Å²) in [6.07, 6.45) is 3.64. The van der Waals surface area contributed by atoms with E-state index in [0.717, 1.165) is 19.6 Å². The highest BCUT2D eigenvalue weighted by Crippen LogP contribution is 2.33. The molecule has 0 amide bonds. The Hall–Kier alpha value is -1.03. The van der Waals surface area contributed by atoms with Gasteiger partial charge in [0.15, 0.2) is 0 Å². The molecule has 3 heterocycles. The summed E-state index contributed by atoms with van der Waals surface area (Å²) in [5.74, 6) is 2.54. The van der Waals surface area contributed by atoms with Gasteiger partial charge >= 0.3 is 0 Å². The Kier molecular flexibility index (Phi) is 3.29. The van der Waals surface area contributed by atoms with Crippen molar-refractivity contribution in [2.24, 2.45) is 5.92 Å². The van der Waals surface area contributed by atoms with Crippen LogP contribution in [0.3, 0.4) is 0 Å². The molecule has 2 aliphatic rings. The van der Waals surface area contributed by atoms with Gasteiger partial charge in [0, 0.05) is 18.5 Å². The molecule has 18 heavy (non-hydrogen) atoms. The lowest BCUT2D eigenvalue weighted by atomic mass is 9.95. The van der Waals surface area contributed by atoms with E-state index in [9.17, 15) is 0 Å². The van der Waals surface area contributed by atoms with Crippen molar-refractivity contribution >= 4 is 5.82 Å². The summed E-state index contributed by atoms with van der Waals surface area (Å²) in [5, 5.41) is 11.8. The van der Waals surface area contributed by atoms with Crippen molar-refractivity contribution in [3.05, 3.63) is 11.8 Å². The molecule has 1 atom stereocenters. The maximum Gasteiger partial charge on any atom is 0.124 e. The number of nitrogens with zero attached hydrogens (tertiary/aromatic N) is 2. The van der Waals surface area contributed by atoms with Gasteiger partial charge in [-0.2, -0.15) is 5.10 Å². The highest BCUT2D eigenvalue weighted by Gasteiger charge is 2.26. The number of nitrogens with one attached hydrogen (secondary N) is 2. The van der Waals surface area contributed by atoms with Crippen LogP contribution in [0.25, 0.3) is 0 Å². The van der Waals surface area contributed by atoms with Crippen LogP contribution in [0.4, 0.5) is 5.82 Å². The molecule has 2 N–H and O–H groups in total. The number of hydrogen-bond donors (Lipinski definition) is 2. The first kappa shape index (κ1) is 12.0. The Morgan fingerprint density at radius 3 is 2.72 bits per heavy atom. The Morgan fingerprint density at radius 1 is 1.22 bits per heavy atom. The van der Waals surface area contributed by atoms with E-state index in [-0.39, 0.29) is 0 Å². The van der Waals surface area contributed by atoms with E-state index in [4.69, 9.17) is 5.10 Å². The average Bonchev–Trinajstić information content (AvgIpc) is 2.83. The molecular weight excluding hydrogens is 224 g/mol. The quantitative estimate of drug-likeness (QED) is 0.844. The first-order valence-electron chi connectivity index (χ1n) is 7.29. The number of fused-ring (bicyclic) bond motifs is 1. The van der Waals surface area contributed by atoms with Gasteiger partial charge in [0.2, 0.25) is 0 Å². The lowest BCUT2D eigenvalue weighted by Gasteiger charge is -2.28. The molecule has 1 aromatic heterocycles. The molecule has 0 aromatic carbocycles. The van der Waals surface area contributed by atoms with Crippen LogP contribution in [-0.4, -0.2) is 29.4 Å². The third-order valence-electron chi connectivity index (χ3n) is 4.34. The Bertz CT molecular complexity index is 404. The van der Waals surface area contributed by atoms with E-state index in [2.05, 4.69) is 35.2 Å². The third-order valence-corrected chi connectivity index (χ3v) is 4.34. The largest absolute Gasteiger partial charge is 0.370 e. The second kappa shape index (κ2) is 4.92. The van der Waals surface area contributed by atoms with Gasteiger partial charge in [0.25, 0.3) is 0 Å². The minimum absolute atomic E-state index is 0.566. The molecule has 2 aliphatic heterocycles. The van der Waals surface area contributed by atoms with Crippen molar-refractivity contribution < 1.29 is 0 Å². The monoisotopic (exact) mass is 248 g/mol. The Labute approximate surface area is 109 Å². The molecule has 1 fully saturated rings. The number of hydrogen-bond acceptors (Lipinski definition) is 3. The zero-order valence-electron chi connectivity index (χ0n) is 11.4. The van der Waals surface area contributed by atoms with Crippen molar-refractivity contribution in [2.75, 3.05) is 25.0 Å². The van der Waals surface area contributed by atoms with Crippen LogP contribution in [0.1, 0.15) is 50.8 Å². The zero-order valence-corrected chi connectivity index (χ0v) is 11.4. The molecule has 100 valence electrons. The third kappa shape index (κ3) is 2.14. The Morgan fingerprint density at radius 2 is 2.00 bits per heavy atom. The van der Waals surface area contributed by atoms with E-state index >= 15 is 0 Å². The predicted octanol–water partition coefficient (Wildman–Crippen LogP) is 2.36. The van der Waals surface area contributed by atoms with Crippen LogP contribution in [0.5, 0.6) is 0 Å². The molecule has 1 saturated heterocycles. The van der Waals surface area contributed by atoms with Crippen molar-refractivity contribution in [3.63, 3.8) is 0 Å². The maximum absolute atomic E-state index is 4.90. The highest BCUT2D eigenvalue weighted by atomic mass is 15.4. The molecule has 0 radical (unpaired) electrons. The van der Waals surface area contributed by atoms with Gasteiger partial charge in [0.1, 0.15) is 5.82 Å². The second-order valence-corrected chi connectivity index (χ2v) is 5.95. The second-order valence-electron chi connectivity index (χ2n) is 5.95. The fourth-order valence-corrected chi connectivity index (χ4v) is 3.20. The molecule has 0 bridgehead atoms. The van der Waals surface area contributed by atoms with E-state index in [1.54, 1.807) is 0 Å². The normalized spacial score (nSPS) is 24.9. The smallest absolute Gasteiger partial charge is 0.124 e. The van der Waals surface area contributed by atoms with Crippen LogP contribution < -0.4 is 10.6 Å². The molecule has 4 nitrogen and oxygen atoms in total. The van der Waals surface area contributed by atoms with E-state index in [1.807, 2.05) is 0 Å². The summed E-state index contributed by atoms with van der Waals surface area (Å²) >= 11 is 0. The predicted molar refractivity (Wildman–Crippen MR) is 74.1 cm³/mol. The molecule has 0 aliphatic carbocycles. The van der Waals surface area contributed by atoms with Crippen molar-refractivity contribution in [1.82, 2.24) is 15.1 Å². The fourth-order valence-electron chi connectivity index (χ4n) is 3.20. The van der Waals surface area contributed by atoms with Gasteiger partial charge in [-0.1, -0.05) is 13.8 Å². The van der Waals surface area contributed by atoms with Crippen LogP contribution in [-0.2, 0) is 0 Å². The summed E-state index contributed by atoms with van der Waals surface area (Å²) in [6, 6.07) is 2.85. The summed E-state index contributed by atoms with van der Waals surface area (Å²) in [4.78, 5) is 0. The minimum atomic E-state index is 0.566. The van der Waals surface area contributed by atoms with Crippen molar-refractivity contribution in [3.8, 4) is 0 Å². The number of rotatable bonds is 2. The van der Waals surface area contributed by atoms with Crippen LogP contribution >= 0.6 is 0 Å². The molecule has 1 aromatic rings. The van der Waals surface area contributed by atoms with Crippen molar-refractivity contribution in [1.29, 1.82) is 0 Å². The summed E-state index contributed by atoms with van der Waals surface area (Å²) in [7, 11) is 0. The first-order valence-corrected chi connectivity index (χ1v) is 7.29. The highest BCUT2D eigenvalue weighted by molar-refractivity contribution is 5.40. The SMILES string of the molecule is CC(C)C1CCNc2cc(C3CCNCC3)nn21. The number of anilines is 1. The Balaban J connectivity index is 1.85. The lowest BCUT2D eigenvalue weighted by molar-refractivity contribution is 0.319. The van der Waals surface area contributed by atoms with Gasteiger partial charge in [-0.3, -0.25) is 0 Å². The van der Waals surface area contributed by atoms with Gasteiger partial charge in [-0.25, -0.2) is 4.68 Å². The average molecular weight is 248 g/mol. The van der Waals surface area contributed by atoms with Crippen LogP contribution in [0.15, 0.2) is 6.07 Å². The molecule has 0 spiro atoms. The summed E-state index contributed by atoms with van der Waals surface area (Å²) < 4.78 is 2.24. The minimum Gasteiger partial charge on any atom is -0.370 e. The van der Waals surface area contributed by atoms with Gasteiger partial charge in [-0.05, 0) is 38.3 Å². The van der Waals surface area contributed by atoms with Crippen LogP contribution in [0, 0.1) is 5.92 Å². The molecule has 0 saturated carbocycles. The lowest BCUT2D eigenvalue weighted by Crippen LogP contribution is -2.28. The van der Waals surface area contributed by atoms with Gasteiger partial charge < -0.3 is 10.6 Å². The number of piperidine rings is 1. The maximum atomic E-state index is 4.90. The molecular formula is C14H24N4.